The van der Waals surface area contributed by atoms with Crippen LogP contribution < -0.4 is 14.8 Å². The number of carbonyl (C=O) groups is 1. The summed E-state index contributed by atoms with van der Waals surface area (Å²) in [5.41, 5.74) is 10.4. The van der Waals surface area contributed by atoms with Gasteiger partial charge < -0.3 is 44.9 Å². The van der Waals surface area contributed by atoms with Crippen molar-refractivity contribution >= 4 is 28.4 Å². The summed E-state index contributed by atoms with van der Waals surface area (Å²) >= 11 is 0. The molecule has 0 spiro atoms. The van der Waals surface area contributed by atoms with Gasteiger partial charge >= 0.3 is 6.09 Å². The average Bonchev–Trinajstić information content (AvgIpc) is 3.43. The van der Waals surface area contributed by atoms with Crippen molar-refractivity contribution in [1.29, 1.82) is 0 Å². The van der Waals surface area contributed by atoms with Crippen molar-refractivity contribution in [3.63, 3.8) is 0 Å². The van der Waals surface area contributed by atoms with E-state index >= 15 is 0 Å². The fourth-order valence-corrected chi connectivity index (χ4v) is 9.34. The fraction of sp³-hybridized carbons (Fsp3) is 0.349. The Kier molecular flexibility index (Phi) is 21.3. The van der Waals surface area contributed by atoms with Gasteiger partial charge in [0.2, 0.25) is 0 Å². The van der Waals surface area contributed by atoms with Crippen molar-refractivity contribution < 1.29 is 39.4 Å². The SMILES string of the molecule is CC(C)(C)OC(=O)N1CCN(CCOc2ccc(/C(=C(/CCCO)c3ccccc3)c3ccc(O)cc3)cc2)CC1.OCCC/C(=C(\c1ccc(O)cc1)c1ccc(OCCN2CCNCC2)cc1)c1ccccc1. The number of nitrogens with zero attached hydrogens (tertiary/aromatic N) is 3. The van der Waals surface area contributed by atoms with Gasteiger partial charge in [-0.1, -0.05) is 109 Å². The molecule has 0 aliphatic carbocycles. The Morgan fingerprint density at radius 2 is 0.867 bits per heavy atom. The fourth-order valence-electron chi connectivity index (χ4n) is 9.34. The summed E-state index contributed by atoms with van der Waals surface area (Å²) in [6.45, 7) is 15.9. The van der Waals surface area contributed by atoms with Crippen LogP contribution in [0.5, 0.6) is 23.0 Å². The number of aliphatic hydroxyl groups excluding tert-OH is 2. The molecule has 0 unspecified atom stereocenters. The third-order valence-electron chi connectivity index (χ3n) is 13.2. The first-order valence-electron chi connectivity index (χ1n) is 26.5. The molecule has 5 N–H and O–H groups in total. The van der Waals surface area contributed by atoms with Crippen molar-refractivity contribution in [3.8, 4) is 23.0 Å². The van der Waals surface area contributed by atoms with Gasteiger partial charge in [-0.15, -0.1) is 0 Å². The van der Waals surface area contributed by atoms with Gasteiger partial charge in [0.1, 0.15) is 41.8 Å². The minimum absolute atomic E-state index is 0.113. The van der Waals surface area contributed by atoms with Crippen LogP contribution in [0.3, 0.4) is 0 Å². The Labute approximate surface area is 444 Å². The number of aliphatic hydroxyl groups is 2. The number of carbonyl (C=O) groups excluding carboxylic acids is 1. The van der Waals surface area contributed by atoms with Gasteiger partial charge in [0, 0.05) is 78.7 Å². The quantitative estimate of drug-likeness (QED) is 0.0466. The lowest BCUT2D eigenvalue weighted by Gasteiger charge is -2.35. The molecule has 396 valence electrons. The van der Waals surface area contributed by atoms with E-state index in [1.807, 2.05) is 106 Å². The lowest BCUT2D eigenvalue weighted by atomic mass is 9.87. The first kappa shape index (κ1) is 55.8. The molecule has 0 atom stereocenters. The molecule has 8 rings (SSSR count). The molecule has 75 heavy (non-hydrogen) atoms. The van der Waals surface area contributed by atoms with Gasteiger partial charge in [0.25, 0.3) is 0 Å². The Hall–Kier alpha value is -6.93. The second-order valence-corrected chi connectivity index (χ2v) is 19.8. The van der Waals surface area contributed by atoms with Crippen LogP contribution in [0.4, 0.5) is 4.79 Å². The molecular formula is C63H76N4O8. The predicted molar refractivity (Wildman–Crippen MR) is 301 cm³/mol. The van der Waals surface area contributed by atoms with Crippen LogP contribution in [0, 0.1) is 0 Å². The van der Waals surface area contributed by atoms with E-state index in [2.05, 4.69) is 63.6 Å². The maximum atomic E-state index is 12.3. The van der Waals surface area contributed by atoms with E-state index < -0.39 is 5.60 Å². The van der Waals surface area contributed by atoms with Crippen molar-refractivity contribution in [2.75, 3.05) is 91.9 Å². The minimum atomic E-state index is -0.485. The molecule has 0 radical (unpaired) electrons. The van der Waals surface area contributed by atoms with Crippen LogP contribution in [0.25, 0.3) is 22.3 Å². The molecule has 2 fully saturated rings. The van der Waals surface area contributed by atoms with Gasteiger partial charge in [-0.05, 0) is 151 Å². The van der Waals surface area contributed by atoms with E-state index in [9.17, 15) is 25.2 Å². The zero-order valence-corrected chi connectivity index (χ0v) is 44.0. The summed E-state index contributed by atoms with van der Waals surface area (Å²) in [6, 6.07) is 51.5. The minimum Gasteiger partial charge on any atom is -0.508 e. The Bertz CT molecular complexity index is 2690. The van der Waals surface area contributed by atoms with E-state index in [4.69, 9.17) is 14.2 Å². The molecule has 2 aliphatic heterocycles. The number of aromatic hydroxyl groups is 2. The van der Waals surface area contributed by atoms with Gasteiger partial charge in [0.05, 0.1) is 0 Å². The lowest BCUT2D eigenvalue weighted by Crippen LogP contribution is -2.50. The standard InChI is InChI=1S/C34H42N2O5.C29H34N2O3/c1-34(2,3)41-33(39)36-21-19-35(20-22-36)23-25-40-30-17-13-28(14-18-30)32(27-11-15-29(38)16-12-27)31(10-7-24-37)26-8-5-4-6-9-26;32-21-4-7-28(23-5-2-1-3-6-23)29(24-8-12-26(33)13-9-24)25-10-14-27(15-11-25)34-22-20-31-18-16-30-17-19-31/h4-6,8-9,11-18,37-38H,7,10,19-25H2,1-3H3;1-3,5-6,8-15,30,32-33H,4,7,16-22H2/b32-31-;29-28-. The van der Waals surface area contributed by atoms with Crippen molar-refractivity contribution in [2.45, 2.75) is 52.1 Å². The Morgan fingerprint density at radius 1 is 0.493 bits per heavy atom. The molecule has 0 aromatic heterocycles. The largest absolute Gasteiger partial charge is 0.508 e. The maximum absolute atomic E-state index is 12.3. The van der Waals surface area contributed by atoms with E-state index in [0.29, 0.717) is 39.1 Å². The van der Waals surface area contributed by atoms with Crippen LogP contribution in [-0.4, -0.2) is 139 Å². The highest BCUT2D eigenvalue weighted by molar-refractivity contribution is 5.99. The predicted octanol–water partition coefficient (Wildman–Crippen LogP) is 10.5. The van der Waals surface area contributed by atoms with Gasteiger partial charge in [-0.25, -0.2) is 4.79 Å². The molecule has 6 aromatic rings. The van der Waals surface area contributed by atoms with E-state index in [1.54, 1.807) is 29.2 Å². The van der Waals surface area contributed by atoms with Crippen molar-refractivity contribution in [3.05, 3.63) is 191 Å². The molecule has 12 heteroatoms. The number of phenolic OH excluding ortho intramolecular Hbond substituents is 2. The summed E-state index contributed by atoms with van der Waals surface area (Å²) < 4.78 is 17.6. The number of phenols is 2. The molecule has 6 aromatic carbocycles. The summed E-state index contributed by atoms with van der Waals surface area (Å²) in [6.07, 6.45) is 2.55. The van der Waals surface area contributed by atoms with Gasteiger partial charge in [0.15, 0.2) is 0 Å². The first-order valence-corrected chi connectivity index (χ1v) is 26.5. The van der Waals surface area contributed by atoms with Crippen LogP contribution in [0.15, 0.2) is 158 Å². The van der Waals surface area contributed by atoms with E-state index in [-0.39, 0.29) is 30.8 Å². The Morgan fingerprint density at radius 3 is 1.24 bits per heavy atom. The second kappa shape index (κ2) is 28.7. The van der Waals surface area contributed by atoms with Crippen molar-refractivity contribution in [1.82, 2.24) is 20.0 Å². The smallest absolute Gasteiger partial charge is 0.410 e. The number of nitrogens with one attached hydrogen (secondary N) is 1. The third kappa shape index (κ3) is 17.3. The number of benzene rings is 6. The molecule has 12 nitrogen and oxygen atoms in total. The van der Waals surface area contributed by atoms with E-state index in [1.165, 1.54) is 5.57 Å². The molecule has 1 amide bonds. The monoisotopic (exact) mass is 1020 g/mol. The molecule has 0 bridgehead atoms. The lowest BCUT2D eigenvalue weighted by molar-refractivity contribution is 0.0137. The second-order valence-electron chi connectivity index (χ2n) is 19.8. The number of hydrogen-bond donors (Lipinski definition) is 5. The highest BCUT2D eigenvalue weighted by atomic mass is 16.6. The molecule has 2 aliphatic rings. The number of ether oxygens (including phenoxy) is 3. The first-order chi connectivity index (χ1) is 36.5. The van der Waals surface area contributed by atoms with Crippen LogP contribution >= 0.6 is 0 Å². The number of piperazine rings is 2. The van der Waals surface area contributed by atoms with Crippen molar-refractivity contribution in [2.24, 2.45) is 0 Å². The van der Waals surface area contributed by atoms with Crippen LogP contribution in [0.2, 0.25) is 0 Å². The zero-order chi connectivity index (χ0) is 52.8. The van der Waals surface area contributed by atoms with Crippen LogP contribution in [-0.2, 0) is 4.74 Å². The topological polar surface area (TPSA) is 147 Å². The maximum Gasteiger partial charge on any atom is 0.410 e. The normalized spacial score (nSPS) is 15.0. The summed E-state index contributed by atoms with van der Waals surface area (Å²) in [4.78, 5) is 18.8. The summed E-state index contributed by atoms with van der Waals surface area (Å²) in [7, 11) is 0. The zero-order valence-electron chi connectivity index (χ0n) is 44.0. The van der Waals surface area contributed by atoms with E-state index in [0.717, 1.165) is 127 Å². The van der Waals surface area contributed by atoms with Gasteiger partial charge in [-0.2, -0.15) is 0 Å². The number of amides is 1. The molecule has 2 heterocycles. The summed E-state index contributed by atoms with van der Waals surface area (Å²) in [5, 5.41) is 42.3. The number of rotatable bonds is 20. The van der Waals surface area contributed by atoms with Crippen LogP contribution in [0.1, 0.15) is 79.8 Å². The van der Waals surface area contributed by atoms with Gasteiger partial charge in [-0.3, -0.25) is 9.80 Å². The Balaban J connectivity index is 0.000000222. The number of allylic oxidation sites excluding steroid dienone is 2. The highest BCUT2D eigenvalue weighted by Crippen LogP contribution is 2.38. The average molecular weight is 1020 g/mol. The molecular weight excluding hydrogens is 941 g/mol. The molecule has 0 saturated carbocycles. The highest BCUT2D eigenvalue weighted by Gasteiger charge is 2.26. The summed E-state index contributed by atoms with van der Waals surface area (Å²) in [5.74, 6) is 2.12. The molecule has 2 saturated heterocycles. The third-order valence-corrected chi connectivity index (χ3v) is 13.2. The number of hydrogen-bond acceptors (Lipinski definition) is 11.